The van der Waals surface area contributed by atoms with Gasteiger partial charge in [0.05, 0.1) is 12.0 Å². The zero-order valence-electron chi connectivity index (χ0n) is 16.0. The van der Waals surface area contributed by atoms with Gasteiger partial charge in [-0.05, 0) is 49.7 Å². The minimum atomic E-state index is -3.86. The van der Waals surface area contributed by atoms with Crippen molar-refractivity contribution in [2.24, 2.45) is 17.8 Å². The number of hydrogen-bond acceptors (Lipinski definition) is 2. The molecule has 0 radical (unpaired) electrons. The Kier molecular flexibility index (Phi) is 7.24. The maximum Gasteiger partial charge on any atom is 0.362 e. The molecule has 2 aliphatic carbocycles. The minimum absolute atomic E-state index is 0.00918. The van der Waals surface area contributed by atoms with Gasteiger partial charge in [0.2, 0.25) is 0 Å². The third kappa shape index (κ3) is 4.97. The van der Waals surface area contributed by atoms with Crippen molar-refractivity contribution in [3.05, 3.63) is 0 Å². The summed E-state index contributed by atoms with van der Waals surface area (Å²) in [6.07, 6.45) is -12.7. The zero-order valence-corrected chi connectivity index (χ0v) is 17.1. The van der Waals surface area contributed by atoms with Gasteiger partial charge in [-0.25, -0.2) is 17.6 Å². The third-order valence-corrected chi connectivity index (χ3v) is 7.29. The Morgan fingerprint density at radius 1 is 0.929 bits per heavy atom. The topological polar surface area (TPSA) is 21.3 Å². The van der Waals surface area contributed by atoms with Crippen LogP contribution in [0.2, 0.25) is 0 Å². The highest BCUT2D eigenvalue weighted by Crippen LogP contribution is 2.47. The van der Waals surface area contributed by atoms with Crippen molar-refractivity contribution in [1.82, 2.24) is 5.32 Å². The van der Waals surface area contributed by atoms with Crippen molar-refractivity contribution >= 4 is 9.24 Å². The quantitative estimate of drug-likeness (QED) is 0.510. The van der Waals surface area contributed by atoms with Crippen LogP contribution in [-0.4, -0.2) is 55.1 Å². The Labute approximate surface area is 164 Å². The molecule has 9 heteroatoms. The van der Waals surface area contributed by atoms with Gasteiger partial charge in [0.1, 0.15) is 18.5 Å². The molecule has 0 aromatic carbocycles. The Morgan fingerprint density at radius 2 is 1.57 bits per heavy atom. The van der Waals surface area contributed by atoms with Crippen LogP contribution in [-0.2, 0) is 4.74 Å². The van der Waals surface area contributed by atoms with Crippen molar-refractivity contribution < 1.29 is 31.1 Å². The maximum absolute atomic E-state index is 14.8. The molecule has 0 aromatic heterocycles. The van der Waals surface area contributed by atoms with E-state index in [2.05, 4.69) is 21.5 Å². The van der Waals surface area contributed by atoms with Crippen molar-refractivity contribution in [3.63, 3.8) is 0 Å². The summed E-state index contributed by atoms with van der Waals surface area (Å²) in [5.41, 5.74) is -0.718. The molecule has 1 saturated heterocycles. The summed E-state index contributed by atoms with van der Waals surface area (Å²) in [5.74, 6) is -1.18. The molecule has 9 atom stereocenters. The average Bonchev–Trinajstić information content (AvgIpc) is 2.59. The summed E-state index contributed by atoms with van der Waals surface area (Å²) >= 11 is 0. The molecular formula is C19H30F6NOP. The van der Waals surface area contributed by atoms with E-state index in [1.165, 1.54) is 0 Å². The summed E-state index contributed by atoms with van der Waals surface area (Å²) in [6, 6.07) is 0.118. The molecule has 164 valence electrons. The lowest BCUT2D eigenvalue weighted by Crippen LogP contribution is -2.53. The maximum atomic E-state index is 14.8. The van der Waals surface area contributed by atoms with E-state index in [-0.39, 0.29) is 18.4 Å². The molecule has 3 aliphatic rings. The molecule has 1 heterocycles. The monoisotopic (exact) mass is 433 g/mol. The highest BCUT2D eigenvalue weighted by Gasteiger charge is 2.55. The number of halogens is 6. The number of rotatable bonds is 4. The fourth-order valence-electron chi connectivity index (χ4n) is 4.99. The second-order valence-corrected chi connectivity index (χ2v) is 9.74. The molecule has 0 aromatic rings. The molecule has 2 saturated carbocycles. The van der Waals surface area contributed by atoms with Crippen LogP contribution in [0.15, 0.2) is 0 Å². The number of hydrogen-bond donors (Lipinski definition) is 1. The third-order valence-electron chi connectivity index (χ3n) is 6.60. The van der Waals surface area contributed by atoms with E-state index in [1.54, 1.807) is 0 Å². The standard InChI is InChI=1S/C19H30F6NOP/c1-9-2-3-15(26-8-9)10-4-12(20)17(16(28)5-10)19(24,25)27-11-6-13(21)18(23)14(22)7-11/h9-18,26H,2-8,28H2,1H3. The van der Waals surface area contributed by atoms with Gasteiger partial charge in [0.25, 0.3) is 0 Å². The molecule has 3 fully saturated rings. The Bertz CT molecular complexity index is 497. The van der Waals surface area contributed by atoms with Crippen molar-refractivity contribution in [2.45, 2.75) is 94.0 Å². The van der Waals surface area contributed by atoms with E-state index < -0.39 is 61.3 Å². The van der Waals surface area contributed by atoms with Gasteiger partial charge in [-0.1, -0.05) is 6.92 Å². The van der Waals surface area contributed by atoms with Crippen LogP contribution in [0.3, 0.4) is 0 Å². The summed E-state index contributed by atoms with van der Waals surface area (Å²) in [4.78, 5) is 0. The van der Waals surface area contributed by atoms with Crippen LogP contribution in [0.25, 0.3) is 0 Å². The van der Waals surface area contributed by atoms with Gasteiger partial charge in [0, 0.05) is 18.9 Å². The van der Waals surface area contributed by atoms with Crippen LogP contribution in [0.1, 0.15) is 45.4 Å². The molecular weight excluding hydrogens is 403 g/mol. The second-order valence-electron chi connectivity index (χ2n) is 8.88. The van der Waals surface area contributed by atoms with Crippen molar-refractivity contribution in [1.29, 1.82) is 0 Å². The molecule has 28 heavy (non-hydrogen) atoms. The van der Waals surface area contributed by atoms with Gasteiger partial charge >= 0.3 is 6.11 Å². The largest absolute Gasteiger partial charge is 0.362 e. The molecule has 1 aliphatic heterocycles. The first-order valence-corrected chi connectivity index (χ1v) is 10.9. The van der Waals surface area contributed by atoms with E-state index in [1.807, 2.05) is 0 Å². The van der Waals surface area contributed by atoms with Crippen molar-refractivity contribution in [2.75, 3.05) is 6.54 Å². The lowest BCUT2D eigenvalue weighted by molar-refractivity contribution is -0.313. The Hall–Kier alpha value is -0.0700. The fourth-order valence-corrected chi connectivity index (χ4v) is 5.80. The molecule has 9 unspecified atom stereocenters. The lowest BCUT2D eigenvalue weighted by atomic mass is 9.74. The van der Waals surface area contributed by atoms with E-state index >= 15 is 0 Å². The van der Waals surface area contributed by atoms with E-state index in [9.17, 15) is 26.3 Å². The van der Waals surface area contributed by atoms with Crippen LogP contribution in [0.4, 0.5) is 26.3 Å². The SMILES string of the molecule is CC1CCC(C2CC(F)C(C(F)(F)OC3CC(F)C(F)C(F)C3)C(P)C2)NC1. The van der Waals surface area contributed by atoms with Crippen LogP contribution < -0.4 is 5.32 Å². The van der Waals surface area contributed by atoms with Crippen LogP contribution in [0.5, 0.6) is 0 Å². The molecule has 2 nitrogen and oxygen atoms in total. The first-order valence-electron chi connectivity index (χ1n) is 10.2. The number of ether oxygens (including phenoxy) is 1. The second kappa shape index (κ2) is 8.97. The summed E-state index contributed by atoms with van der Waals surface area (Å²) in [7, 11) is 2.31. The predicted octanol–water partition coefficient (Wildman–Crippen LogP) is 4.77. The molecule has 1 N–H and O–H groups in total. The normalized spacial score (nSPS) is 48.4. The number of nitrogens with one attached hydrogen (secondary N) is 1. The van der Waals surface area contributed by atoms with E-state index in [4.69, 9.17) is 4.74 Å². The number of alkyl halides is 6. The van der Waals surface area contributed by atoms with Gasteiger partial charge in [0.15, 0.2) is 6.17 Å². The summed E-state index contributed by atoms with van der Waals surface area (Å²) < 4.78 is 89.3. The lowest BCUT2D eigenvalue weighted by Gasteiger charge is -2.45. The average molecular weight is 433 g/mol. The van der Waals surface area contributed by atoms with Crippen molar-refractivity contribution in [3.8, 4) is 0 Å². The molecule has 0 spiro atoms. The smallest absolute Gasteiger partial charge is 0.317 e. The summed E-state index contributed by atoms with van der Waals surface area (Å²) in [5, 5.41) is 3.40. The van der Waals surface area contributed by atoms with Gasteiger partial charge < -0.3 is 10.1 Å². The molecule has 0 bridgehead atoms. The first kappa shape index (κ1) is 22.6. The highest BCUT2D eigenvalue weighted by atomic mass is 31.0. The van der Waals surface area contributed by atoms with Crippen LogP contribution >= 0.6 is 9.24 Å². The van der Waals surface area contributed by atoms with E-state index in [0.29, 0.717) is 12.3 Å². The van der Waals surface area contributed by atoms with Gasteiger partial charge in [-0.3, -0.25) is 0 Å². The van der Waals surface area contributed by atoms with Gasteiger partial charge in [-0.15, -0.1) is 9.24 Å². The minimum Gasteiger partial charge on any atom is -0.317 e. The zero-order chi connectivity index (χ0) is 20.6. The predicted molar refractivity (Wildman–Crippen MR) is 98.5 cm³/mol. The molecule has 3 rings (SSSR count). The number of piperidine rings is 1. The summed E-state index contributed by atoms with van der Waals surface area (Å²) in [6.45, 7) is 2.98. The Morgan fingerprint density at radius 3 is 2.11 bits per heavy atom. The Balaban J connectivity index is 1.61. The van der Waals surface area contributed by atoms with Crippen LogP contribution in [0, 0.1) is 17.8 Å². The molecule has 0 amide bonds. The fraction of sp³-hybridized carbons (Fsp3) is 1.00. The van der Waals surface area contributed by atoms with Gasteiger partial charge in [-0.2, -0.15) is 8.78 Å². The first-order chi connectivity index (χ1) is 13.1. The highest BCUT2D eigenvalue weighted by molar-refractivity contribution is 7.17. The van der Waals surface area contributed by atoms with E-state index in [0.717, 1.165) is 19.4 Å².